The molecule has 31 heavy (non-hydrogen) atoms. The van der Waals surface area contributed by atoms with Crippen molar-refractivity contribution in [2.75, 3.05) is 30.4 Å². The molecule has 0 fully saturated rings. The Morgan fingerprint density at radius 3 is 2.39 bits per heavy atom. The predicted octanol–water partition coefficient (Wildman–Crippen LogP) is 2.82. The number of benzene rings is 2. The lowest BCUT2D eigenvalue weighted by Crippen LogP contribution is -2.58. The normalized spacial score (nSPS) is 14.7. The number of nitrogens with one attached hydrogen (secondary N) is 3. The molecule has 166 valence electrons. The molecular formula is C22H26ClN3O5. The molecule has 8 nitrogen and oxygen atoms in total. The number of ether oxygens (including phenoxy) is 2. The lowest BCUT2D eigenvalue weighted by molar-refractivity contribution is -0.160. The van der Waals surface area contributed by atoms with E-state index < -0.39 is 23.7 Å². The Morgan fingerprint density at radius 2 is 1.74 bits per heavy atom. The van der Waals surface area contributed by atoms with Crippen LogP contribution in [0.1, 0.15) is 31.1 Å². The number of aliphatic hydroxyl groups is 1. The maximum atomic E-state index is 12.5. The summed E-state index contributed by atoms with van der Waals surface area (Å²) in [7, 11) is 0. The number of halogens is 1. The van der Waals surface area contributed by atoms with E-state index >= 15 is 0 Å². The zero-order chi connectivity index (χ0) is 22.4. The van der Waals surface area contributed by atoms with Crippen molar-refractivity contribution in [2.45, 2.75) is 32.2 Å². The van der Waals surface area contributed by atoms with E-state index in [4.69, 9.17) is 21.1 Å². The molecule has 9 heteroatoms. The molecule has 2 aromatic rings. The van der Waals surface area contributed by atoms with Gasteiger partial charge in [-0.05, 0) is 49.2 Å². The SMILES string of the molecule is CCOC(=O)C1(C(=O)OCC)Nc2ccc(CNCC(O)c3cccc(Cl)c3)cc2N1. The molecule has 0 aliphatic carbocycles. The van der Waals surface area contributed by atoms with E-state index in [9.17, 15) is 14.7 Å². The first-order valence-electron chi connectivity index (χ1n) is 10.1. The molecule has 3 rings (SSSR count). The van der Waals surface area contributed by atoms with Crippen molar-refractivity contribution < 1.29 is 24.2 Å². The third kappa shape index (κ3) is 5.10. The van der Waals surface area contributed by atoms with Crippen LogP contribution >= 0.6 is 11.6 Å². The smallest absolute Gasteiger partial charge is 0.365 e. The van der Waals surface area contributed by atoms with E-state index in [2.05, 4.69) is 16.0 Å². The largest absolute Gasteiger partial charge is 0.462 e. The lowest BCUT2D eigenvalue weighted by Gasteiger charge is -2.25. The maximum Gasteiger partial charge on any atom is 0.365 e. The van der Waals surface area contributed by atoms with Crippen LogP contribution < -0.4 is 16.0 Å². The number of anilines is 2. The van der Waals surface area contributed by atoms with Gasteiger partial charge in [-0.3, -0.25) is 0 Å². The molecule has 1 atom stereocenters. The van der Waals surface area contributed by atoms with Gasteiger partial charge < -0.3 is 30.5 Å². The Balaban J connectivity index is 1.67. The summed E-state index contributed by atoms with van der Waals surface area (Å²) in [6, 6.07) is 12.5. The van der Waals surface area contributed by atoms with Crippen LogP contribution in [0.4, 0.5) is 11.4 Å². The number of aliphatic hydroxyl groups excluding tert-OH is 1. The molecule has 0 spiro atoms. The quantitative estimate of drug-likeness (QED) is 0.343. The van der Waals surface area contributed by atoms with E-state index in [0.717, 1.165) is 11.1 Å². The second kappa shape index (κ2) is 10.00. The van der Waals surface area contributed by atoms with Crippen LogP contribution in [-0.2, 0) is 25.6 Å². The fraction of sp³-hybridized carbons (Fsp3) is 0.364. The van der Waals surface area contributed by atoms with Gasteiger partial charge in [0.1, 0.15) is 0 Å². The molecule has 0 saturated heterocycles. The first-order chi connectivity index (χ1) is 14.9. The molecule has 1 unspecified atom stereocenters. The van der Waals surface area contributed by atoms with E-state index in [0.29, 0.717) is 29.5 Å². The Hall–Kier alpha value is -2.81. The van der Waals surface area contributed by atoms with Crippen LogP contribution in [0, 0.1) is 0 Å². The summed E-state index contributed by atoms with van der Waals surface area (Å²) in [4.78, 5) is 25.1. The number of esters is 2. The van der Waals surface area contributed by atoms with Gasteiger partial charge in [0.2, 0.25) is 0 Å². The monoisotopic (exact) mass is 447 g/mol. The molecule has 1 aliphatic heterocycles. The average molecular weight is 448 g/mol. The highest BCUT2D eigenvalue weighted by atomic mass is 35.5. The van der Waals surface area contributed by atoms with Crippen LogP contribution in [0.3, 0.4) is 0 Å². The highest BCUT2D eigenvalue weighted by Gasteiger charge is 2.53. The van der Waals surface area contributed by atoms with Crippen molar-refractivity contribution >= 4 is 34.9 Å². The van der Waals surface area contributed by atoms with E-state index in [-0.39, 0.29) is 13.2 Å². The molecule has 4 N–H and O–H groups in total. The fourth-order valence-electron chi connectivity index (χ4n) is 3.30. The Labute approximate surface area is 185 Å². The van der Waals surface area contributed by atoms with Gasteiger partial charge in [-0.25, -0.2) is 9.59 Å². The van der Waals surface area contributed by atoms with Gasteiger partial charge in [-0.1, -0.05) is 29.8 Å². The third-order valence-corrected chi connectivity index (χ3v) is 5.03. The van der Waals surface area contributed by atoms with E-state index in [1.54, 1.807) is 38.1 Å². The van der Waals surface area contributed by atoms with Crippen LogP contribution in [-0.4, -0.2) is 42.5 Å². The number of hydrogen-bond donors (Lipinski definition) is 4. The number of hydrogen-bond acceptors (Lipinski definition) is 8. The Kier molecular flexibility index (Phi) is 7.37. The Morgan fingerprint density at radius 1 is 1.06 bits per heavy atom. The van der Waals surface area contributed by atoms with E-state index in [1.807, 2.05) is 18.2 Å². The number of fused-ring (bicyclic) bond motifs is 1. The second-order valence-corrected chi connectivity index (χ2v) is 7.46. The minimum absolute atomic E-state index is 0.129. The lowest BCUT2D eigenvalue weighted by atomic mass is 10.1. The number of carbonyl (C=O) groups excluding carboxylic acids is 2. The van der Waals surface area contributed by atoms with Crippen molar-refractivity contribution in [3.8, 4) is 0 Å². The molecule has 0 radical (unpaired) electrons. The Bertz CT molecular complexity index is 934. The highest BCUT2D eigenvalue weighted by molar-refractivity contribution is 6.30. The summed E-state index contributed by atoms with van der Waals surface area (Å²) in [5, 5.41) is 19.9. The molecule has 1 aliphatic rings. The van der Waals surface area contributed by atoms with Crippen LogP contribution in [0.2, 0.25) is 5.02 Å². The topological polar surface area (TPSA) is 109 Å². The fourth-order valence-corrected chi connectivity index (χ4v) is 3.50. The van der Waals surface area contributed by atoms with Crippen molar-refractivity contribution in [1.82, 2.24) is 5.32 Å². The molecule has 0 aromatic heterocycles. The molecule has 0 saturated carbocycles. The summed E-state index contributed by atoms with van der Waals surface area (Å²) < 4.78 is 10.2. The van der Waals surface area contributed by atoms with Gasteiger partial charge in [0, 0.05) is 18.1 Å². The minimum atomic E-state index is -1.82. The van der Waals surface area contributed by atoms with Gasteiger partial charge in [-0.2, -0.15) is 0 Å². The van der Waals surface area contributed by atoms with Gasteiger partial charge in [0.25, 0.3) is 0 Å². The standard InChI is InChI=1S/C22H26ClN3O5/c1-3-30-20(28)22(21(29)31-4-2)25-17-9-8-14(10-18(17)26-22)12-24-13-19(27)15-6-5-7-16(23)11-15/h5-11,19,24-27H,3-4,12-13H2,1-2H3. The van der Waals surface area contributed by atoms with Crippen molar-refractivity contribution in [3.05, 3.63) is 58.6 Å². The minimum Gasteiger partial charge on any atom is -0.462 e. The highest BCUT2D eigenvalue weighted by Crippen LogP contribution is 2.36. The van der Waals surface area contributed by atoms with Crippen LogP contribution in [0.5, 0.6) is 0 Å². The molecule has 2 aromatic carbocycles. The summed E-state index contributed by atoms with van der Waals surface area (Å²) in [5.74, 6) is -1.51. The van der Waals surface area contributed by atoms with Gasteiger partial charge in [-0.15, -0.1) is 0 Å². The summed E-state index contributed by atoms with van der Waals surface area (Å²) in [6.07, 6.45) is -0.701. The molecule has 0 amide bonds. The van der Waals surface area contributed by atoms with Gasteiger partial charge >= 0.3 is 17.6 Å². The average Bonchev–Trinajstić information content (AvgIpc) is 3.14. The maximum absolute atomic E-state index is 12.5. The molecular weight excluding hydrogens is 422 g/mol. The zero-order valence-electron chi connectivity index (χ0n) is 17.4. The second-order valence-electron chi connectivity index (χ2n) is 7.02. The predicted molar refractivity (Wildman–Crippen MR) is 118 cm³/mol. The first-order valence-corrected chi connectivity index (χ1v) is 10.5. The van der Waals surface area contributed by atoms with E-state index in [1.165, 1.54) is 0 Å². The van der Waals surface area contributed by atoms with Crippen LogP contribution in [0.25, 0.3) is 0 Å². The first kappa shape index (κ1) is 22.9. The van der Waals surface area contributed by atoms with Crippen molar-refractivity contribution in [3.63, 3.8) is 0 Å². The van der Waals surface area contributed by atoms with Crippen LogP contribution in [0.15, 0.2) is 42.5 Å². The number of rotatable bonds is 9. The third-order valence-electron chi connectivity index (χ3n) is 4.79. The summed E-state index contributed by atoms with van der Waals surface area (Å²) in [5.41, 5.74) is 0.978. The zero-order valence-corrected chi connectivity index (χ0v) is 18.2. The number of carbonyl (C=O) groups is 2. The summed E-state index contributed by atoms with van der Waals surface area (Å²) in [6.45, 7) is 4.39. The van der Waals surface area contributed by atoms with Gasteiger partial charge in [0.05, 0.1) is 30.7 Å². The molecule has 1 heterocycles. The van der Waals surface area contributed by atoms with Gasteiger partial charge in [0.15, 0.2) is 0 Å². The molecule has 0 bridgehead atoms. The van der Waals surface area contributed by atoms with Crippen molar-refractivity contribution in [2.24, 2.45) is 0 Å². The van der Waals surface area contributed by atoms with Crippen molar-refractivity contribution in [1.29, 1.82) is 0 Å². The summed E-state index contributed by atoms with van der Waals surface area (Å²) >= 11 is 5.97.